The van der Waals surface area contributed by atoms with E-state index < -0.39 is 0 Å². The lowest BCUT2D eigenvalue weighted by Crippen LogP contribution is -2.26. The zero-order valence-corrected chi connectivity index (χ0v) is 12.2. The number of hydrogen-bond acceptors (Lipinski definition) is 4. The van der Waals surface area contributed by atoms with Crippen molar-refractivity contribution in [3.8, 4) is 11.4 Å². The highest BCUT2D eigenvalue weighted by molar-refractivity contribution is 7.99. The van der Waals surface area contributed by atoms with E-state index in [1.165, 1.54) is 11.8 Å². The number of aromatic nitrogens is 3. The number of amides is 1. The summed E-state index contributed by atoms with van der Waals surface area (Å²) in [6.45, 7) is 2.83. The standard InChI is InChI=1S/C14H18N4OS/c1-2-3-9-15-12(19)10-20-14-16-13(17-18-14)11-7-5-4-6-8-11/h4-8H,2-3,9-10H2,1H3,(H,15,19)(H,16,17,18). The van der Waals surface area contributed by atoms with Crippen molar-refractivity contribution in [3.05, 3.63) is 30.3 Å². The van der Waals surface area contributed by atoms with Gasteiger partial charge in [0.1, 0.15) is 0 Å². The Morgan fingerprint density at radius 2 is 2.15 bits per heavy atom. The van der Waals surface area contributed by atoms with Gasteiger partial charge in [-0.2, -0.15) is 0 Å². The molecule has 0 atom stereocenters. The molecule has 6 heteroatoms. The van der Waals surface area contributed by atoms with E-state index in [1.807, 2.05) is 30.3 Å². The van der Waals surface area contributed by atoms with E-state index in [0.29, 0.717) is 10.9 Å². The molecule has 5 nitrogen and oxygen atoms in total. The van der Waals surface area contributed by atoms with Crippen LogP contribution >= 0.6 is 11.8 Å². The molecule has 1 amide bonds. The van der Waals surface area contributed by atoms with Crippen molar-refractivity contribution in [1.82, 2.24) is 20.5 Å². The van der Waals surface area contributed by atoms with Crippen molar-refractivity contribution in [3.63, 3.8) is 0 Å². The molecule has 0 fully saturated rings. The quantitative estimate of drug-likeness (QED) is 0.607. The van der Waals surface area contributed by atoms with Crippen molar-refractivity contribution < 1.29 is 4.79 Å². The highest BCUT2D eigenvalue weighted by atomic mass is 32.2. The number of nitrogens with one attached hydrogen (secondary N) is 2. The number of carbonyl (C=O) groups excluding carboxylic acids is 1. The summed E-state index contributed by atoms with van der Waals surface area (Å²) in [4.78, 5) is 15.9. The number of unbranched alkanes of at least 4 members (excludes halogenated alkanes) is 1. The Bertz CT molecular complexity index is 541. The first-order chi connectivity index (χ1) is 9.79. The van der Waals surface area contributed by atoms with Gasteiger partial charge in [-0.05, 0) is 6.42 Å². The van der Waals surface area contributed by atoms with Crippen molar-refractivity contribution in [2.45, 2.75) is 24.9 Å². The molecule has 0 saturated carbocycles. The predicted molar refractivity (Wildman–Crippen MR) is 80.5 cm³/mol. The molecule has 2 N–H and O–H groups in total. The van der Waals surface area contributed by atoms with Crippen LogP contribution in [0.4, 0.5) is 0 Å². The number of carbonyl (C=O) groups is 1. The maximum absolute atomic E-state index is 11.6. The molecule has 0 aliphatic heterocycles. The third-order valence-corrected chi connectivity index (χ3v) is 3.54. The molecule has 0 radical (unpaired) electrons. The number of hydrogen-bond donors (Lipinski definition) is 2. The third kappa shape index (κ3) is 4.38. The number of H-pyrrole nitrogens is 1. The number of aromatic amines is 1. The van der Waals surface area contributed by atoms with Crippen LogP contribution in [0.25, 0.3) is 11.4 Å². The van der Waals surface area contributed by atoms with Gasteiger partial charge in [-0.3, -0.25) is 9.89 Å². The van der Waals surface area contributed by atoms with E-state index in [0.717, 1.165) is 30.8 Å². The summed E-state index contributed by atoms with van der Waals surface area (Å²) < 4.78 is 0. The molecule has 0 aliphatic rings. The van der Waals surface area contributed by atoms with Crippen LogP contribution in [0.2, 0.25) is 0 Å². The highest BCUT2D eigenvalue weighted by Crippen LogP contribution is 2.18. The molecule has 20 heavy (non-hydrogen) atoms. The zero-order chi connectivity index (χ0) is 14.2. The molecule has 1 aromatic heterocycles. The van der Waals surface area contributed by atoms with Gasteiger partial charge in [0.25, 0.3) is 0 Å². The van der Waals surface area contributed by atoms with Gasteiger partial charge in [-0.1, -0.05) is 55.4 Å². The summed E-state index contributed by atoms with van der Waals surface area (Å²) in [5.41, 5.74) is 0.985. The summed E-state index contributed by atoms with van der Waals surface area (Å²) in [6.07, 6.45) is 2.09. The third-order valence-electron chi connectivity index (χ3n) is 2.70. The van der Waals surface area contributed by atoms with Crippen LogP contribution in [0, 0.1) is 0 Å². The summed E-state index contributed by atoms with van der Waals surface area (Å²) >= 11 is 1.34. The number of rotatable bonds is 7. The molecule has 0 bridgehead atoms. The molecule has 2 rings (SSSR count). The van der Waals surface area contributed by atoms with Gasteiger partial charge in [0.15, 0.2) is 5.82 Å². The van der Waals surface area contributed by atoms with E-state index in [9.17, 15) is 4.79 Å². The molecule has 1 heterocycles. The monoisotopic (exact) mass is 290 g/mol. The van der Waals surface area contributed by atoms with Gasteiger partial charge < -0.3 is 5.32 Å². The number of benzene rings is 1. The smallest absolute Gasteiger partial charge is 0.230 e. The first kappa shape index (κ1) is 14.6. The Labute approximate surface area is 122 Å². The molecule has 2 aromatic rings. The van der Waals surface area contributed by atoms with Gasteiger partial charge in [-0.25, -0.2) is 4.98 Å². The summed E-state index contributed by atoms with van der Waals surface area (Å²) in [5.74, 6) is 1.09. The van der Waals surface area contributed by atoms with E-state index in [1.54, 1.807) is 0 Å². The van der Waals surface area contributed by atoms with Gasteiger partial charge in [0.2, 0.25) is 11.1 Å². The van der Waals surface area contributed by atoms with Crippen LogP contribution in [0.15, 0.2) is 35.5 Å². The molecule has 0 unspecified atom stereocenters. The zero-order valence-electron chi connectivity index (χ0n) is 11.4. The maximum atomic E-state index is 11.6. The summed E-state index contributed by atoms with van der Waals surface area (Å²) in [6, 6.07) is 9.78. The summed E-state index contributed by atoms with van der Waals surface area (Å²) in [5, 5.41) is 10.5. The first-order valence-corrected chi connectivity index (χ1v) is 7.65. The minimum absolute atomic E-state index is 0.0227. The SMILES string of the molecule is CCCCNC(=O)CSc1n[nH]c(-c2ccccc2)n1. The van der Waals surface area contributed by atoms with Crippen LogP contribution in [0.3, 0.4) is 0 Å². The topological polar surface area (TPSA) is 70.7 Å². The molecular weight excluding hydrogens is 272 g/mol. The molecule has 106 valence electrons. The molecule has 0 aliphatic carbocycles. The minimum Gasteiger partial charge on any atom is -0.355 e. The maximum Gasteiger partial charge on any atom is 0.230 e. The fourth-order valence-electron chi connectivity index (χ4n) is 1.62. The fourth-order valence-corrected chi connectivity index (χ4v) is 2.25. The van der Waals surface area contributed by atoms with Crippen molar-refractivity contribution in [2.24, 2.45) is 0 Å². The average Bonchev–Trinajstić information content (AvgIpc) is 2.95. The highest BCUT2D eigenvalue weighted by Gasteiger charge is 2.08. The van der Waals surface area contributed by atoms with Crippen LogP contribution in [0.5, 0.6) is 0 Å². The lowest BCUT2D eigenvalue weighted by molar-refractivity contribution is -0.118. The predicted octanol–water partition coefficient (Wildman–Crippen LogP) is 2.48. The second-order valence-corrected chi connectivity index (χ2v) is 5.27. The Balaban J connectivity index is 1.83. The number of thioether (sulfide) groups is 1. The van der Waals surface area contributed by atoms with Gasteiger partial charge in [-0.15, -0.1) is 5.10 Å². The van der Waals surface area contributed by atoms with E-state index in [2.05, 4.69) is 27.4 Å². The van der Waals surface area contributed by atoms with Crippen LogP contribution in [0.1, 0.15) is 19.8 Å². The van der Waals surface area contributed by atoms with Gasteiger partial charge in [0, 0.05) is 12.1 Å². The van der Waals surface area contributed by atoms with Crippen LogP contribution < -0.4 is 5.32 Å². The Kier molecular flexibility index (Phi) is 5.61. The lowest BCUT2D eigenvalue weighted by Gasteiger charge is -2.01. The van der Waals surface area contributed by atoms with Crippen LogP contribution in [-0.2, 0) is 4.79 Å². The Morgan fingerprint density at radius 1 is 1.35 bits per heavy atom. The normalized spacial score (nSPS) is 10.4. The number of nitrogens with zero attached hydrogens (tertiary/aromatic N) is 2. The van der Waals surface area contributed by atoms with Gasteiger partial charge >= 0.3 is 0 Å². The van der Waals surface area contributed by atoms with Crippen molar-refractivity contribution >= 4 is 17.7 Å². The molecule has 1 aromatic carbocycles. The Hall–Kier alpha value is -1.82. The van der Waals surface area contributed by atoms with E-state index >= 15 is 0 Å². The average molecular weight is 290 g/mol. The molecular formula is C14H18N4OS. The fraction of sp³-hybridized carbons (Fsp3) is 0.357. The molecule has 0 spiro atoms. The van der Waals surface area contributed by atoms with Crippen LogP contribution in [-0.4, -0.2) is 33.4 Å². The van der Waals surface area contributed by atoms with Crippen molar-refractivity contribution in [2.75, 3.05) is 12.3 Å². The minimum atomic E-state index is 0.0227. The van der Waals surface area contributed by atoms with E-state index in [-0.39, 0.29) is 5.91 Å². The Morgan fingerprint density at radius 3 is 2.90 bits per heavy atom. The second kappa shape index (κ2) is 7.69. The summed E-state index contributed by atoms with van der Waals surface area (Å²) in [7, 11) is 0. The largest absolute Gasteiger partial charge is 0.355 e. The van der Waals surface area contributed by atoms with Gasteiger partial charge in [0.05, 0.1) is 5.75 Å². The van der Waals surface area contributed by atoms with Crippen molar-refractivity contribution in [1.29, 1.82) is 0 Å². The van der Waals surface area contributed by atoms with E-state index in [4.69, 9.17) is 0 Å². The second-order valence-electron chi connectivity index (χ2n) is 4.32. The molecule has 0 saturated heterocycles. The first-order valence-electron chi connectivity index (χ1n) is 6.67. The lowest BCUT2D eigenvalue weighted by atomic mass is 10.2.